The van der Waals surface area contributed by atoms with Crippen molar-refractivity contribution in [3.63, 3.8) is 0 Å². The van der Waals surface area contributed by atoms with Gasteiger partial charge in [-0.05, 0) is 25.5 Å². The number of nitrogens with one attached hydrogen (secondary N) is 1. The van der Waals surface area contributed by atoms with Gasteiger partial charge >= 0.3 is 0 Å². The van der Waals surface area contributed by atoms with Gasteiger partial charge in [0.05, 0.1) is 0 Å². The Hall–Kier alpha value is -2.77. The van der Waals surface area contributed by atoms with E-state index >= 15 is 0 Å². The maximum Gasteiger partial charge on any atom is 0.291 e. The Labute approximate surface area is 120 Å². The first-order valence-electron chi connectivity index (χ1n) is 6.68. The van der Waals surface area contributed by atoms with Gasteiger partial charge in [0, 0.05) is 37.4 Å². The molecule has 0 unspecified atom stereocenters. The Bertz CT molecular complexity index is 728. The van der Waals surface area contributed by atoms with Crippen molar-refractivity contribution in [2.45, 2.75) is 19.9 Å². The molecule has 3 aromatic heterocycles. The van der Waals surface area contributed by atoms with Crippen molar-refractivity contribution in [2.24, 2.45) is 0 Å². The fourth-order valence-corrected chi connectivity index (χ4v) is 1.97. The molecule has 0 atom stereocenters. The summed E-state index contributed by atoms with van der Waals surface area (Å²) < 4.78 is 3.38. The molecular weight excluding hydrogens is 270 g/mol. The number of aromatic nitrogens is 6. The van der Waals surface area contributed by atoms with Crippen LogP contribution in [0.1, 0.15) is 22.7 Å². The SMILES string of the molecule is Cc1ccnn1CCCNC(=O)c1nc2ncccn2n1. The third-order valence-electron chi connectivity index (χ3n) is 3.08. The third-order valence-corrected chi connectivity index (χ3v) is 3.08. The lowest BCUT2D eigenvalue weighted by Gasteiger charge is -2.04. The average Bonchev–Trinajstić information content (AvgIpc) is 3.09. The molecule has 1 amide bonds. The number of hydrogen-bond donors (Lipinski definition) is 1. The summed E-state index contributed by atoms with van der Waals surface area (Å²) in [4.78, 5) is 20.0. The zero-order valence-corrected chi connectivity index (χ0v) is 11.6. The highest BCUT2D eigenvalue weighted by Crippen LogP contribution is 1.98. The van der Waals surface area contributed by atoms with Crippen LogP contribution in [0.4, 0.5) is 0 Å². The van der Waals surface area contributed by atoms with Crippen LogP contribution in [0.5, 0.6) is 0 Å². The lowest BCUT2D eigenvalue weighted by atomic mass is 10.4. The molecule has 3 aromatic rings. The lowest BCUT2D eigenvalue weighted by molar-refractivity contribution is 0.0942. The Balaban J connectivity index is 1.53. The Morgan fingerprint density at radius 3 is 3.05 bits per heavy atom. The first-order valence-corrected chi connectivity index (χ1v) is 6.68. The molecule has 8 nitrogen and oxygen atoms in total. The molecule has 0 spiro atoms. The highest BCUT2D eigenvalue weighted by Gasteiger charge is 2.12. The summed E-state index contributed by atoms with van der Waals surface area (Å²) in [5, 5.41) is 11.1. The van der Waals surface area contributed by atoms with E-state index in [9.17, 15) is 4.79 Å². The van der Waals surface area contributed by atoms with Gasteiger partial charge in [0.2, 0.25) is 5.82 Å². The van der Waals surface area contributed by atoms with E-state index in [0.29, 0.717) is 12.3 Å². The van der Waals surface area contributed by atoms with Crippen molar-refractivity contribution in [1.29, 1.82) is 0 Å². The highest BCUT2D eigenvalue weighted by atomic mass is 16.2. The Morgan fingerprint density at radius 1 is 1.38 bits per heavy atom. The van der Waals surface area contributed by atoms with Gasteiger partial charge in [0.15, 0.2) is 0 Å². The summed E-state index contributed by atoms with van der Waals surface area (Å²) in [7, 11) is 0. The minimum atomic E-state index is -0.294. The summed E-state index contributed by atoms with van der Waals surface area (Å²) >= 11 is 0. The molecule has 0 bridgehead atoms. The number of rotatable bonds is 5. The number of carbonyl (C=O) groups excluding carboxylic acids is 1. The quantitative estimate of drug-likeness (QED) is 0.687. The predicted molar refractivity (Wildman–Crippen MR) is 74.7 cm³/mol. The molecule has 21 heavy (non-hydrogen) atoms. The number of hydrogen-bond acceptors (Lipinski definition) is 5. The van der Waals surface area contributed by atoms with E-state index in [-0.39, 0.29) is 11.7 Å². The first kappa shape index (κ1) is 13.2. The first-order chi connectivity index (χ1) is 10.2. The van der Waals surface area contributed by atoms with Crippen molar-refractivity contribution in [2.75, 3.05) is 6.54 Å². The molecule has 0 aromatic carbocycles. The van der Waals surface area contributed by atoms with Crippen LogP contribution in [-0.2, 0) is 6.54 Å². The van der Waals surface area contributed by atoms with Crippen LogP contribution in [0.25, 0.3) is 5.78 Å². The molecule has 0 fully saturated rings. The zero-order chi connectivity index (χ0) is 14.7. The summed E-state index contributed by atoms with van der Waals surface area (Å²) in [6.45, 7) is 3.31. The van der Waals surface area contributed by atoms with E-state index in [4.69, 9.17) is 0 Å². The fraction of sp³-hybridized carbons (Fsp3) is 0.308. The lowest BCUT2D eigenvalue weighted by Crippen LogP contribution is -2.26. The minimum Gasteiger partial charge on any atom is -0.349 e. The third kappa shape index (κ3) is 2.88. The highest BCUT2D eigenvalue weighted by molar-refractivity contribution is 5.90. The van der Waals surface area contributed by atoms with Crippen molar-refractivity contribution < 1.29 is 4.79 Å². The van der Waals surface area contributed by atoms with Crippen LogP contribution in [0, 0.1) is 6.92 Å². The van der Waals surface area contributed by atoms with Crippen molar-refractivity contribution in [3.05, 3.63) is 42.2 Å². The molecule has 0 saturated heterocycles. The monoisotopic (exact) mass is 285 g/mol. The second kappa shape index (κ2) is 5.70. The summed E-state index contributed by atoms with van der Waals surface area (Å²) in [6.07, 6.45) is 5.87. The standard InChI is InChI=1S/C13H15N7O/c1-10-4-7-16-19(10)8-2-5-14-12(21)11-17-13-15-6-3-9-20(13)18-11/h3-4,6-7,9H,2,5,8H2,1H3,(H,14,21). The van der Waals surface area contributed by atoms with Gasteiger partial charge in [-0.15, -0.1) is 5.10 Å². The normalized spacial score (nSPS) is 10.9. The number of nitrogens with zero attached hydrogens (tertiary/aromatic N) is 6. The van der Waals surface area contributed by atoms with Gasteiger partial charge in [0.25, 0.3) is 11.7 Å². The summed E-state index contributed by atoms with van der Waals surface area (Å²) in [5.74, 6) is 0.247. The van der Waals surface area contributed by atoms with Crippen LogP contribution in [0.3, 0.4) is 0 Å². The van der Waals surface area contributed by atoms with Crippen molar-refractivity contribution >= 4 is 11.7 Å². The summed E-state index contributed by atoms with van der Waals surface area (Å²) in [5.41, 5.74) is 1.11. The largest absolute Gasteiger partial charge is 0.349 e. The van der Waals surface area contributed by atoms with Crippen LogP contribution < -0.4 is 5.32 Å². The molecule has 0 radical (unpaired) electrons. The van der Waals surface area contributed by atoms with Gasteiger partial charge in [-0.3, -0.25) is 9.48 Å². The second-order valence-corrected chi connectivity index (χ2v) is 4.60. The topological polar surface area (TPSA) is 90.0 Å². The van der Waals surface area contributed by atoms with E-state index < -0.39 is 0 Å². The Kier molecular flexibility index (Phi) is 3.59. The molecule has 108 valence electrons. The van der Waals surface area contributed by atoms with Gasteiger partial charge in [0.1, 0.15) is 0 Å². The van der Waals surface area contributed by atoms with Crippen LogP contribution >= 0.6 is 0 Å². The molecular formula is C13H15N7O. The molecule has 0 saturated carbocycles. The molecule has 8 heteroatoms. The Morgan fingerprint density at radius 2 is 2.29 bits per heavy atom. The molecule has 0 aliphatic rings. The van der Waals surface area contributed by atoms with Crippen LogP contribution in [-0.4, -0.2) is 41.8 Å². The van der Waals surface area contributed by atoms with Gasteiger partial charge in [-0.2, -0.15) is 10.1 Å². The number of amides is 1. The molecule has 3 rings (SSSR count). The maximum absolute atomic E-state index is 11.9. The van der Waals surface area contributed by atoms with Crippen molar-refractivity contribution in [1.82, 2.24) is 34.7 Å². The fourth-order valence-electron chi connectivity index (χ4n) is 1.97. The van der Waals surface area contributed by atoms with Gasteiger partial charge in [-0.1, -0.05) is 0 Å². The number of carbonyl (C=O) groups is 1. The summed E-state index contributed by atoms with van der Waals surface area (Å²) in [6, 6.07) is 3.68. The second-order valence-electron chi connectivity index (χ2n) is 4.60. The van der Waals surface area contributed by atoms with Gasteiger partial charge in [-0.25, -0.2) is 9.50 Å². The predicted octanol–water partition coefficient (Wildman–Crippen LogP) is 0.449. The molecule has 0 aliphatic heterocycles. The minimum absolute atomic E-state index is 0.129. The van der Waals surface area contributed by atoms with E-state index in [1.165, 1.54) is 4.52 Å². The average molecular weight is 285 g/mol. The van der Waals surface area contributed by atoms with E-state index in [1.807, 2.05) is 17.7 Å². The molecule has 0 aliphatic carbocycles. The van der Waals surface area contributed by atoms with E-state index in [2.05, 4.69) is 25.5 Å². The zero-order valence-electron chi connectivity index (χ0n) is 11.6. The number of fused-ring (bicyclic) bond motifs is 1. The molecule has 3 heterocycles. The van der Waals surface area contributed by atoms with Crippen LogP contribution in [0.15, 0.2) is 30.7 Å². The maximum atomic E-state index is 11.9. The van der Waals surface area contributed by atoms with Crippen molar-refractivity contribution in [3.8, 4) is 0 Å². The van der Waals surface area contributed by atoms with E-state index in [0.717, 1.165) is 18.7 Å². The van der Waals surface area contributed by atoms with Crippen LogP contribution in [0.2, 0.25) is 0 Å². The number of aryl methyl sites for hydroxylation is 2. The van der Waals surface area contributed by atoms with Gasteiger partial charge < -0.3 is 5.32 Å². The molecule has 1 N–H and O–H groups in total. The van der Waals surface area contributed by atoms with E-state index in [1.54, 1.807) is 24.7 Å². The smallest absolute Gasteiger partial charge is 0.291 e.